The lowest BCUT2D eigenvalue weighted by atomic mass is 10.1. The molecule has 18 heavy (non-hydrogen) atoms. The largest absolute Gasteiger partial charge is 0.353 e. The molecule has 1 aromatic rings. The summed E-state index contributed by atoms with van der Waals surface area (Å²) in [6.45, 7) is 6.90. The predicted molar refractivity (Wildman–Crippen MR) is 76.0 cm³/mol. The first-order valence-electron chi connectivity index (χ1n) is 6.34. The monoisotopic (exact) mass is 268 g/mol. The number of anilines is 1. The van der Waals surface area contributed by atoms with Gasteiger partial charge in [0.15, 0.2) is 0 Å². The number of nitrogens with two attached hydrogens (primary N) is 1. The molecular formula is C13H21ClN4. The van der Waals surface area contributed by atoms with Crippen LogP contribution in [-0.2, 0) is 6.54 Å². The highest BCUT2D eigenvalue weighted by Gasteiger charge is 2.27. The molecule has 0 radical (unpaired) electrons. The molecule has 1 saturated heterocycles. The maximum atomic E-state index is 6.05. The Morgan fingerprint density at radius 3 is 2.56 bits per heavy atom. The van der Waals surface area contributed by atoms with Crippen molar-refractivity contribution >= 4 is 17.4 Å². The Morgan fingerprint density at radius 1 is 1.39 bits per heavy atom. The summed E-state index contributed by atoms with van der Waals surface area (Å²) >= 11 is 6.05. The molecule has 0 amide bonds. The van der Waals surface area contributed by atoms with Crippen LogP contribution in [0.2, 0.25) is 5.02 Å². The molecule has 2 N–H and O–H groups in total. The summed E-state index contributed by atoms with van der Waals surface area (Å²) in [6, 6.07) is 3.05. The van der Waals surface area contributed by atoms with Crippen LogP contribution in [0.25, 0.3) is 0 Å². The van der Waals surface area contributed by atoms with Gasteiger partial charge in [-0.2, -0.15) is 0 Å². The summed E-state index contributed by atoms with van der Waals surface area (Å²) in [5, 5.41) is 0.650. The van der Waals surface area contributed by atoms with E-state index in [1.165, 1.54) is 0 Å². The van der Waals surface area contributed by atoms with Gasteiger partial charge in [-0.25, -0.2) is 4.98 Å². The number of halogens is 1. The Morgan fingerprint density at radius 2 is 2.00 bits per heavy atom. The average Bonchev–Trinajstić information content (AvgIpc) is 2.36. The molecule has 1 fully saturated rings. The number of hydrogen-bond acceptors (Lipinski definition) is 4. The van der Waals surface area contributed by atoms with Gasteiger partial charge in [0.1, 0.15) is 5.82 Å². The van der Waals surface area contributed by atoms with Crippen molar-refractivity contribution in [1.82, 2.24) is 9.88 Å². The normalized spacial score (nSPS) is 25.5. The van der Waals surface area contributed by atoms with Gasteiger partial charge in [0.25, 0.3) is 0 Å². The SMILES string of the molecule is CC1CN(c2cc(CN)c(Cl)cn2)CC(C)N1C. The van der Waals surface area contributed by atoms with Crippen LogP contribution in [-0.4, -0.2) is 42.1 Å². The third-order valence-corrected chi connectivity index (χ3v) is 4.16. The smallest absolute Gasteiger partial charge is 0.129 e. The van der Waals surface area contributed by atoms with E-state index >= 15 is 0 Å². The zero-order valence-electron chi connectivity index (χ0n) is 11.2. The standard InChI is InChI=1S/C13H21ClN4/c1-9-7-18(8-10(2)17(9)3)13-4-11(5-15)12(14)6-16-13/h4,6,9-10H,5,7-8,15H2,1-3H3. The number of aromatic nitrogens is 1. The quantitative estimate of drug-likeness (QED) is 0.887. The molecule has 1 aromatic heterocycles. The van der Waals surface area contributed by atoms with E-state index in [9.17, 15) is 0 Å². The van der Waals surface area contributed by atoms with Crippen molar-refractivity contribution in [2.75, 3.05) is 25.0 Å². The third kappa shape index (κ3) is 2.60. The number of rotatable bonds is 2. The van der Waals surface area contributed by atoms with Crippen LogP contribution in [0.1, 0.15) is 19.4 Å². The molecule has 2 atom stereocenters. The number of pyridine rings is 1. The lowest BCUT2D eigenvalue weighted by molar-refractivity contribution is 0.169. The van der Waals surface area contributed by atoms with Crippen LogP contribution in [0, 0.1) is 0 Å². The van der Waals surface area contributed by atoms with Gasteiger partial charge in [-0.3, -0.25) is 4.90 Å². The van der Waals surface area contributed by atoms with Crippen LogP contribution in [0.3, 0.4) is 0 Å². The van der Waals surface area contributed by atoms with Crippen molar-refractivity contribution in [3.8, 4) is 0 Å². The fourth-order valence-corrected chi connectivity index (χ4v) is 2.57. The maximum Gasteiger partial charge on any atom is 0.129 e. The molecule has 1 aliphatic heterocycles. The number of piperazine rings is 1. The Balaban J connectivity index is 2.21. The van der Waals surface area contributed by atoms with Gasteiger partial charge < -0.3 is 10.6 Å². The number of hydrogen-bond donors (Lipinski definition) is 1. The number of likely N-dealkylation sites (N-methyl/N-ethyl adjacent to an activating group) is 1. The van der Waals surface area contributed by atoms with E-state index < -0.39 is 0 Å². The van der Waals surface area contributed by atoms with Crippen LogP contribution in [0.5, 0.6) is 0 Å². The lowest BCUT2D eigenvalue weighted by Crippen LogP contribution is -2.55. The van der Waals surface area contributed by atoms with Gasteiger partial charge in [0, 0.05) is 37.9 Å². The van der Waals surface area contributed by atoms with E-state index in [4.69, 9.17) is 17.3 Å². The number of nitrogens with zero attached hydrogens (tertiary/aromatic N) is 3. The Hall–Kier alpha value is -0.840. The van der Waals surface area contributed by atoms with Crippen LogP contribution in [0.15, 0.2) is 12.3 Å². The van der Waals surface area contributed by atoms with Crippen molar-refractivity contribution in [2.45, 2.75) is 32.5 Å². The predicted octanol–water partition coefficient (Wildman–Crippen LogP) is 1.72. The second kappa shape index (κ2) is 5.43. The van der Waals surface area contributed by atoms with Crippen molar-refractivity contribution in [1.29, 1.82) is 0 Å². The Kier molecular flexibility index (Phi) is 4.10. The van der Waals surface area contributed by atoms with Crippen molar-refractivity contribution in [3.63, 3.8) is 0 Å². The molecule has 0 spiro atoms. The first kappa shape index (κ1) is 13.6. The van der Waals surface area contributed by atoms with Gasteiger partial charge in [0.05, 0.1) is 5.02 Å². The summed E-state index contributed by atoms with van der Waals surface area (Å²) in [5.74, 6) is 0.978. The summed E-state index contributed by atoms with van der Waals surface area (Å²) in [4.78, 5) is 9.13. The first-order valence-corrected chi connectivity index (χ1v) is 6.72. The van der Waals surface area contributed by atoms with E-state index in [1.54, 1.807) is 6.20 Å². The second-order valence-corrected chi connectivity index (χ2v) is 5.51. The minimum atomic E-state index is 0.452. The highest BCUT2D eigenvalue weighted by molar-refractivity contribution is 6.31. The first-order chi connectivity index (χ1) is 8.52. The lowest BCUT2D eigenvalue weighted by Gasteiger charge is -2.43. The Bertz CT molecular complexity index is 411. The fraction of sp³-hybridized carbons (Fsp3) is 0.615. The maximum absolute atomic E-state index is 6.05. The molecule has 2 rings (SSSR count). The summed E-state index contributed by atoms with van der Waals surface area (Å²) in [6.07, 6.45) is 1.70. The Labute approximate surface area is 114 Å². The van der Waals surface area contributed by atoms with E-state index in [1.807, 2.05) is 6.07 Å². The molecule has 5 heteroatoms. The van der Waals surface area contributed by atoms with Crippen LogP contribution in [0.4, 0.5) is 5.82 Å². The van der Waals surface area contributed by atoms with Gasteiger partial charge in [-0.05, 0) is 32.5 Å². The van der Waals surface area contributed by atoms with E-state index in [0.29, 0.717) is 23.7 Å². The van der Waals surface area contributed by atoms with Crippen molar-refractivity contribution < 1.29 is 0 Å². The van der Waals surface area contributed by atoms with Gasteiger partial charge >= 0.3 is 0 Å². The van der Waals surface area contributed by atoms with E-state index in [0.717, 1.165) is 24.5 Å². The van der Waals surface area contributed by atoms with Crippen molar-refractivity contribution in [3.05, 3.63) is 22.8 Å². The van der Waals surface area contributed by atoms with Crippen molar-refractivity contribution in [2.24, 2.45) is 5.73 Å². The molecular weight excluding hydrogens is 248 g/mol. The summed E-state index contributed by atoms with van der Waals surface area (Å²) in [7, 11) is 2.17. The molecule has 0 aromatic carbocycles. The highest BCUT2D eigenvalue weighted by atomic mass is 35.5. The summed E-state index contributed by atoms with van der Waals surface area (Å²) in [5.41, 5.74) is 6.65. The average molecular weight is 269 g/mol. The zero-order valence-corrected chi connectivity index (χ0v) is 12.0. The van der Waals surface area contributed by atoms with Crippen LogP contribution < -0.4 is 10.6 Å². The van der Waals surface area contributed by atoms with Gasteiger partial charge in [0.2, 0.25) is 0 Å². The molecule has 0 aliphatic carbocycles. The summed E-state index contributed by atoms with van der Waals surface area (Å²) < 4.78 is 0. The molecule has 100 valence electrons. The molecule has 2 unspecified atom stereocenters. The molecule has 0 saturated carbocycles. The van der Waals surface area contributed by atoms with E-state index in [-0.39, 0.29) is 0 Å². The second-order valence-electron chi connectivity index (χ2n) is 5.11. The molecule has 0 bridgehead atoms. The van der Waals surface area contributed by atoms with Crippen LogP contribution >= 0.6 is 11.6 Å². The molecule has 4 nitrogen and oxygen atoms in total. The van der Waals surface area contributed by atoms with Gasteiger partial charge in [-0.15, -0.1) is 0 Å². The third-order valence-electron chi connectivity index (χ3n) is 3.82. The van der Waals surface area contributed by atoms with E-state index in [2.05, 4.69) is 35.7 Å². The topological polar surface area (TPSA) is 45.4 Å². The molecule has 1 aliphatic rings. The fourth-order valence-electron chi connectivity index (χ4n) is 2.39. The molecule has 2 heterocycles. The van der Waals surface area contributed by atoms with Gasteiger partial charge in [-0.1, -0.05) is 11.6 Å². The highest BCUT2D eigenvalue weighted by Crippen LogP contribution is 2.23. The minimum Gasteiger partial charge on any atom is -0.353 e. The minimum absolute atomic E-state index is 0.452. The zero-order chi connectivity index (χ0) is 13.3.